The van der Waals surface area contributed by atoms with Crippen molar-refractivity contribution in [2.45, 2.75) is 19.3 Å². The van der Waals surface area contributed by atoms with Crippen LogP contribution in [0.4, 0.5) is 0 Å². The van der Waals surface area contributed by atoms with Crippen molar-refractivity contribution < 1.29 is 19.1 Å². The molecule has 0 aliphatic carbocycles. The van der Waals surface area contributed by atoms with Crippen LogP contribution in [0.25, 0.3) is 0 Å². The van der Waals surface area contributed by atoms with Gasteiger partial charge in [0.15, 0.2) is 0 Å². The van der Waals surface area contributed by atoms with Crippen LogP contribution in [0.1, 0.15) is 24.8 Å². The number of esters is 1. The SMILES string of the molecule is CC(CC(=O)OCOC=O)c1ccccc1. The first-order valence-electron chi connectivity index (χ1n) is 5.00. The Morgan fingerprint density at radius 1 is 1.38 bits per heavy atom. The maximum absolute atomic E-state index is 11.3. The molecule has 4 nitrogen and oxygen atoms in total. The van der Waals surface area contributed by atoms with E-state index in [0.29, 0.717) is 0 Å². The first-order valence-corrected chi connectivity index (χ1v) is 5.00. The lowest BCUT2D eigenvalue weighted by Gasteiger charge is -2.10. The minimum Gasteiger partial charge on any atom is -0.430 e. The maximum Gasteiger partial charge on any atom is 0.309 e. The Morgan fingerprint density at radius 3 is 2.69 bits per heavy atom. The fourth-order valence-electron chi connectivity index (χ4n) is 1.34. The molecule has 1 unspecified atom stereocenters. The van der Waals surface area contributed by atoms with Gasteiger partial charge in [-0.15, -0.1) is 0 Å². The fourth-order valence-corrected chi connectivity index (χ4v) is 1.34. The van der Waals surface area contributed by atoms with Crippen molar-refractivity contribution in [3.63, 3.8) is 0 Å². The molecule has 0 spiro atoms. The van der Waals surface area contributed by atoms with Crippen molar-refractivity contribution in [3.8, 4) is 0 Å². The van der Waals surface area contributed by atoms with E-state index >= 15 is 0 Å². The number of carbonyl (C=O) groups excluding carboxylic acids is 2. The van der Waals surface area contributed by atoms with Crippen molar-refractivity contribution >= 4 is 12.4 Å². The summed E-state index contributed by atoms with van der Waals surface area (Å²) >= 11 is 0. The smallest absolute Gasteiger partial charge is 0.309 e. The van der Waals surface area contributed by atoms with Gasteiger partial charge in [0.05, 0.1) is 6.42 Å². The molecular weight excluding hydrogens is 208 g/mol. The van der Waals surface area contributed by atoms with Gasteiger partial charge < -0.3 is 9.47 Å². The van der Waals surface area contributed by atoms with Crippen LogP contribution < -0.4 is 0 Å². The van der Waals surface area contributed by atoms with Crippen molar-refractivity contribution in [2.75, 3.05) is 6.79 Å². The van der Waals surface area contributed by atoms with Crippen LogP contribution in [0.2, 0.25) is 0 Å². The van der Waals surface area contributed by atoms with Crippen molar-refractivity contribution in [1.82, 2.24) is 0 Å². The largest absolute Gasteiger partial charge is 0.430 e. The predicted octanol–water partition coefficient (Wildman–Crippen LogP) is 1.85. The Morgan fingerprint density at radius 2 is 2.06 bits per heavy atom. The molecule has 0 aromatic heterocycles. The third kappa shape index (κ3) is 4.13. The highest BCUT2D eigenvalue weighted by Gasteiger charge is 2.11. The van der Waals surface area contributed by atoms with Crippen molar-refractivity contribution in [2.24, 2.45) is 0 Å². The highest BCUT2D eigenvalue weighted by Crippen LogP contribution is 2.18. The first kappa shape index (κ1) is 12.2. The highest BCUT2D eigenvalue weighted by molar-refractivity contribution is 5.70. The van der Waals surface area contributed by atoms with E-state index in [1.165, 1.54) is 0 Å². The summed E-state index contributed by atoms with van der Waals surface area (Å²) in [6, 6.07) is 9.69. The van der Waals surface area contributed by atoms with Gasteiger partial charge in [0.2, 0.25) is 6.79 Å². The Hall–Kier alpha value is -1.84. The zero-order valence-corrected chi connectivity index (χ0v) is 9.09. The summed E-state index contributed by atoms with van der Waals surface area (Å²) in [5, 5.41) is 0. The summed E-state index contributed by atoms with van der Waals surface area (Å²) in [6.07, 6.45) is 0.270. The Bertz CT molecular complexity index is 334. The van der Waals surface area contributed by atoms with Gasteiger partial charge in [-0.3, -0.25) is 9.59 Å². The summed E-state index contributed by atoms with van der Waals surface area (Å²) in [4.78, 5) is 21.1. The number of rotatable bonds is 6. The summed E-state index contributed by atoms with van der Waals surface area (Å²) < 4.78 is 8.95. The number of hydrogen-bond donors (Lipinski definition) is 0. The zero-order chi connectivity index (χ0) is 11.8. The first-order chi connectivity index (χ1) is 7.74. The molecule has 86 valence electrons. The lowest BCUT2D eigenvalue weighted by atomic mass is 9.98. The van der Waals surface area contributed by atoms with Crippen LogP contribution in [0.3, 0.4) is 0 Å². The average Bonchev–Trinajstić information content (AvgIpc) is 2.30. The Labute approximate surface area is 94.2 Å². The minimum atomic E-state index is -0.377. The number of ether oxygens (including phenoxy) is 2. The van der Waals surface area contributed by atoms with Crippen LogP contribution in [0, 0.1) is 0 Å². The van der Waals surface area contributed by atoms with Gasteiger partial charge in [-0.2, -0.15) is 0 Å². The maximum atomic E-state index is 11.3. The van der Waals surface area contributed by atoms with Gasteiger partial charge in [0.1, 0.15) is 0 Å². The van der Waals surface area contributed by atoms with Gasteiger partial charge in [-0.05, 0) is 11.5 Å². The second-order valence-corrected chi connectivity index (χ2v) is 3.41. The van der Waals surface area contributed by atoms with E-state index in [1.54, 1.807) is 0 Å². The third-order valence-corrected chi connectivity index (χ3v) is 2.20. The zero-order valence-electron chi connectivity index (χ0n) is 9.09. The molecule has 1 aromatic carbocycles. The molecule has 0 aliphatic heterocycles. The van der Waals surface area contributed by atoms with E-state index < -0.39 is 0 Å². The van der Waals surface area contributed by atoms with E-state index in [4.69, 9.17) is 0 Å². The molecule has 0 saturated heterocycles. The lowest BCUT2D eigenvalue weighted by molar-refractivity contribution is -0.160. The molecule has 0 amide bonds. The molecule has 0 aliphatic rings. The van der Waals surface area contributed by atoms with Gasteiger partial charge in [-0.1, -0.05) is 37.3 Å². The standard InChI is InChI=1S/C12H14O4/c1-10(11-5-3-2-4-6-11)7-12(14)16-9-15-8-13/h2-6,8,10H,7,9H2,1H3. The summed E-state index contributed by atoms with van der Waals surface area (Å²) in [7, 11) is 0. The van der Waals surface area contributed by atoms with E-state index in [1.807, 2.05) is 37.3 Å². The number of carbonyl (C=O) groups is 2. The quantitative estimate of drug-likeness (QED) is 0.319. The average molecular weight is 222 g/mol. The van der Waals surface area contributed by atoms with Crippen molar-refractivity contribution in [3.05, 3.63) is 35.9 Å². The van der Waals surface area contributed by atoms with E-state index in [9.17, 15) is 9.59 Å². The molecule has 16 heavy (non-hydrogen) atoms. The fraction of sp³-hybridized carbons (Fsp3) is 0.333. The summed E-state index contributed by atoms with van der Waals surface area (Å²) in [6.45, 7) is 1.87. The van der Waals surface area contributed by atoms with E-state index in [0.717, 1.165) is 5.56 Å². The molecule has 1 aromatic rings. The Balaban J connectivity index is 2.36. The second-order valence-electron chi connectivity index (χ2n) is 3.41. The van der Waals surface area contributed by atoms with Crippen LogP contribution >= 0.6 is 0 Å². The monoisotopic (exact) mass is 222 g/mol. The number of hydrogen-bond acceptors (Lipinski definition) is 4. The topological polar surface area (TPSA) is 52.6 Å². The van der Waals surface area contributed by atoms with Gasteiger partial charge in [-0.25, -0.2) is 0 Å². The van der Waals surface area contributed by atoms with Crippen LogP contribution in [-0.4, -0.2) is 19.2 Å². The van der Waals surface area contributed by atoms with E-state index in [2.05, 4.69) is 9.47 Å². The van der Waals surface area contributed by atoms with E-state index in [-0.39, 0.29) is 31.6 Å². The molecule has 0 radical (unpaired) electrons. The molecule has 0 bridgehead atoms. The molecule has 1 atom stereocenters. The number of benzene rings is 1. The lowest BCUT2D eigenvalue weighted by Crippen LogP contribution is -2.10. The van der Waals surface area contributed by atoms with Gasteiger partial charge >= 0.3 is 5.97 Å². The predicted molar refractivity (Wildman–Crippen MR) is 57.6 cm³/mol. The summed E-state index contributed by atoms with van der Waals surface area (Å²) in [5.74, 6) is -0.289. The molecule has 0 heterocycles. The van der Waals surface area contributed by atoms with Crippen LogP contribution in [0.15, 0.2) is 30.3 Å². The normalized spacial score (nSPS) is 11.6. The molecule has 0 N–H and O–H groups in total. The van der Waals surface area contributed by atoms with Gasteiger partial charge in [0, 0.05) is 0 Å². The third-order valence-electron chi connectivity index (χ3n) is 2.20. The van der Waals surface area contributed by atoms with Crippen LogP contribution in [0.5, 0.6) is 0 Å². The molecule has 0 fully saturated rings. The van der Waals surface area contributed by atoms with Gasteiger partial charge in [0.25, 0.3) is 6.47 Å². The second kappa shape index (κ2) is 6.61. The molecule has 4 heteroatoms. The molecular formula is C12H14O4. The molecule has 0 saturated carbocycles. The highest BCUT2D eigenvalue weighted by atomic mass is 16.7. The van der Waals surface area contributed by atoms with Crippen molar-refractivity contribution in [1.29, 1.82) is 0 Å². The van der Waals surface area contributed by atoms with Crippen LogP contribution in [-0.2, 0) is 19.1 Å². The molecule has 1 rings (SSSR count). The Kier molecular flexibility index (Phi) is 5.05. The summed E-state index contributed by atoms with van der Waals surface area (Å²) in [5.41, 5.74) is 1.08. The minimum absolute atomic E-state index is 0.0879.